The van der Waals surface area contributed by atoms with E-state index in [0.717, 1.165) is 10.6 Å². The fourth-order valence-corrected chi connectivity index (χ4v) is 4.23. The Labute approximate surface area is 301 Å². The summed E-state index contributed by atoms with van der Waals surface area (Å²) in [5.74, 6) is -33.8. The van der Waals surface area contributed by atoms with Crippen molar-refractivity contribution >= 4 is 11.8 Å². The van der Waals surface area contributed by atoms with Gasteiger partial charge in [0.05, 0.1) is 54.4 Å². The maximum atomic E-state index is 14.3. The van der Waals surface area contributed by atoms with Gasteiger partial charge in [0.2, 0.25) is 0 Å². The molecule has 0 radical (unpaired) electrons. The van der Waals surface area contributed by atoms with Gasteiger partial charge in [-0.25, -0.2) is 0 Å². The van der Waals surface area contributed by atoms with E-state index >= 15 is 0 Å². The normalized spacial score (nSPS) is 17.0. The molecule has 2 unspecified atom stereocenters. The molecule has 2 atom stereocenters. The summed E-state index contributed by atoms with van der Waals surface area (Å²) in [6.45, 7) is -1.65. The molecule has 0 aliphatic rings. The summed E-state index contributed by atoms with van der Waals surface area (Å²) >= 11 is 0. The van der Waals surface area contributed by atoms with Crippen LogP contribution in [-0.4, -0.2) is 149 Å². The molecule has 56 heavy (non-hydrogen) atoms. The van der Waals surface area contributed by atoms with E-state index in [2.05, 4.69) is 9.47 Å². The zero-order valence-electron chi connectivity index (χ0n) is 28.9. The van der Waals surface area contributed by atoms with Crippen LogP contribution < -0.4 is 10.6 Å². The van der Waals surface area contributed by atoms with Crippen LogP contribution in [0.2, 0.25) is 0 Å². The second-order valence-electron chi connectivity index (χ2n) is 13.3. The van der Waals surface area contributed by atoms with Crippen LogP contribution in [0.15, 0.2) is 0 Å². The number of nitrogens with one attached hydrogen (secondary N) is 2. The maximum absolute atomic E-state index is 14.3. The van der Waals surface area contributed by atoms with E-state index in [1.54, 1.807) is 0 Å². The molecular weight excluding hydrogens is 850 g/mol. The van der Waals surface area contributed by atoms with Gasteiger partial charge < -0.3 is 19.6 Å². The van der Waals surface area contributed by atoms with E-state index in [4.69, 9.17) is 0 Å². The van der Waals surface area contributed by atoms with Crippen molar-refractivity contribution in [3.8, 4) is 0 Å². The fourth-order valence-electron chi connectivity index (χ4n) is 4.23. The third-order valence-corrected chi connectivity index (χ3v) is 7.52. The minimum atomic E-state index is -7.36. The number of hydrogen-bond acceptors (Lipinski definition) is 4. The number of alkyl halides is 22. The highest BCUT2D eigenvalue weighted by Gasteiger charge is 2.81. The van der Waals surface area contributed by atoms with Crippen LogP contribution in [0.25, 0.3) is 0 Å². The van der Waals surface area contributed by atoms with Crippen LogP contribution in [0.3, 0.4) is 0 Å². The Kier molecular flexibility index (Phi) is 16.4. The number of amides is 2. The minimum absolute atomic E-state index is 0.0258. The summed E-state index contributed by atoms with van der Waals surface area (Å²) in [6.07, 6.45) is -42.7. The number of nitrogens with zero attached hydrogens (tertiary/aromatic N) is 2. The van der Waals surface area contributed by atoms with Gasteiger partial charge in [0.15, 0.2) is 0 Å². The van der Waals surface area contributed by atoms with Gasteiger partial charge in [-0.05, 0) is 0 Å². The quantitative estimate of drug-likeness (QED) is 0.0741. The Hall–Kier alpha value is -2.76. The Morgan fingerprint density at radius 3 is 0.857 bits per heavy atom. The van der Waals surface area contributed by atoms with Gasteiger partial charge in [0, 0.05) is 38.8 Å². The number of halogens is 22. The summed E-state index contributed by atoms with van der Waals surface area (Å²) in [5, 5.41) is 2.25. The van der Waals surface area contributed by atoms with Crippen molar-refractivity contribution in [3.63, 3.8) is 0 Å². The second kappa shape index (κ2) is 17.2. The first-order valence-corrected chi connectivity index (χ1v) is 15.1. The maximum Gasteiger partial charge on any atom is 0.462 e. The summed E-state index contributed by atoms with van der Waals surface area (Å²) in [7, 11) is 5.99. The highest BCUT2D eigenvalue weighted by Crippen LogP contribution is 2.52. The number of carbonyl (C=O) groups excluding carboxylic acids is 2. The Balaban J connectivity index is 5.09. The largest absolute Gasteiger partial charge is 0.462 e. The first kappa shape index (κ1) is 53.2. The van der Waals surface area contributed by atoms with Crippen LogP contribution in [0, 0.1) is 0 Å². The van der Waals surface area contributed by atoms with Crippen molar-refractivity contribution in [1.82, 2.24) is 10.6 Å². The van der Waals surface area contributed by atoms with E-state index in [-0.39, 0.29) is 48.0 Å². The van der Waals surface area contributed by atoms with Crippen molar-refractivity contribution in [3.05, 3.63) is 0 Å². The first-order valence-electron chi connectivity index (χ1n) is 15.1. The monoisotopic (exact) mass is 884 g/mol. The van der Waals surface area contributed by atoms with Gasteiger partial charge in [0.1, 0.15) is 0 Å². The van der Waals surface area contributed by atoms with E-state index in [9.17, 15) is 106 Å². The second-order valence-corrected chi connectivity index (χ2v) is 13.3. The van der Waals surface area contributed by atoms with Crippen LogP contribution in [0.5, 0.6) is 0 Å². The van der Waals surface area contributed by atoms with Gasteiger partial charge in [-0.3, -0.25) is 19.1 Å². The Bertz CT molecular complexity index is 1220. The minimum Gasteiger partial charge on any atom is -0.351 e. The fraction of sp³-hybridized carbons (Fsp3) is 0.923. The molecule has 0 saturated heterocycles. The lowest BCUT2D eigenvalue weighted by Gasteiger charge is -2.34. The summed E-state index contributed by atoms with van der Waals surface area (Å²) in [4.78, 5) is 23.5. The Morgan fingerprint density at radius 2 is 0.643 bits per heavy atom. The zero-order chi connectivity index (χ0) is 45.1. The molecule has 0 aliphatic carbocycles. The number of carbonyl (C=O) groups is 2. The van der Waals surface area contributed by atoms with Gasteiger partial charge in [-0.2, -0.15) is 96.6 Å². The van der Waals surface area contributed by atoms with Crippen molar-refractivity contribution in [2.75, 3.05) is 67.5 Å². The average Bonchev–Trinajstić information content (AvgIpc) is 2.96. The molecule has 0 saturated carbocycles. The highest BCUT2D eigenvalue weighted by atomic mass is 19.4. The zero-order valence-corrected chi connectivity index (χ0v) is 28.9. The molecule has 2 amide bonds. The predicted molar refractivity (Wildman–Crippen MR) is 142 cm³/mol. The standard InChI is InChI=1S/C26H32F22N4O4/c1-51(2,13-7-9-49-15(53)17(27,21(33,34)35)55-25(45,46)19(29,30)23(39,40)41)11-5-6-12-52(3,4)14-8-10-50-16(54)18(28,22(36,37)38)56-26(47,48)20(31,32)24(42,43)44/h5-14H2,1-4H3/p+2. The van der Waals surface area contributed by atoms with Crippen LogP contribution in [0.4, 0.5) is 96.6 Å². The third-order valence-electron chi connectivity index (χ3n) is 7.52. The summed E-state index contributed by atoms with van der Waals surface area (Å²) in [5.41, 5.74) is 0. The highest BCUT2D eigenvalue weighted by molar-refractivity contribution is 5.85. The molecule has 0 aliphatic heterocycles. The first-order chi connectivity index (χ1) is 24.4. The topological polar surface area (TPSA) is 76.7 Å². The van der Waals surface area contributed by atoms with Crippen molar-refractivity contribution in [1.29, 1.82) is 0 Å². The number of unbranched alkanes of at least 4 members (excludes halogenated alkanes) is 1. The van der Waals surface area contributed by atoms with Crippen molar-refractivity contribution < 1.29 is 125 Å². The molecule has 0 heterocycles. The third kappa shape index (κ3) is 12.9. The van der Waals surface area contributed by atoms with Gasteiger partial charge in [-0.1, -0.05) is 0 Å². The molecule has 0 spiro atoms. The van der Waals surface area contributed by atoms with Gasteiger partial charge in [0.25, 0.3) is 11.8 Å². The van der Waals surface area contributed by atoms with Crippen LogP contribution in [0.1, 0.15) is 25.7 Å². The molecule has 0 aromatic carbocycles. The molecule has 2 N–H and O–H groups in total. The number of rotatable bonds is 21. The predicted octanol–water partition coefficient (Wildman–Crippen LogP) is 7.00. The van der Waals surface area contributed by atoms with E-state index in [0.29, 0.717) is 12.8 Å². The van der Waals surface area contributed by atoms with Crippen LogP contribution >= 0.6 is 0 Å². The SMILES string of the molecule is C[N+](C)(CCCC[N+](C)(C)CCCNC(=O)C(F)(OC(F)(F)C(F)(F)C(F)(F)F)C(F)(F)F)CCCNC(=O)C(F)(OC(F)(F)C(F)(F)C(F)(F)F)C(F)(F)F. The summed E-state index contributed by atoms with van der Waals surface area (Å²) < 4.78 is 290. The molecule has 0 aromatic rings. The van der Waals surface area contributed by atoms with E-state index in [1.807, 2.05) is 0 Å². The van der Waals surface area contributed by atoms with E-state index < -0.39 is 85.4 Å². The Morgan fingerprint density at radius 1 is 0.411 bits per heavy atom. The average molecular weight is 885 g/mol. The van der Waals surface area contributed by atoms with Gasteiger partial charge >= 0.3 is 60.5 Å². The molecule has 0 fully saturated rings. The molecular formula is C26H34F22N4O4+2. The molecule has 0 aromatic heterocycles. The van der Waals surface area contributed by atoms with Crippen LogP contribution in [-0.2, 0) is 19.1 Å². The molecule has 0 rings (SSSR count). The smallest absolute Gasteiger partial charge is 0.351 e. The molecule has 8 nitrogen and oxygen atoms in total. The number of ether oxygens (including phenoxy) is 2. The lowest BCUT2D eigenvalue weighted by atomic mass is 10.2. The van der Waals surface area contributed by atoms with Gasteiger partial charge in [-0.15, -0.1) is 0 Å². The lowest BCUT2D eigenvalue weighted by molar-refractivity contribution is -0.896. The molecule has 0 bridgehead atoms. The number of quaternary nitrogens is 2. The van der Waals surface area contributed by atoms with Crippen molar-refractivity contribution in [2.45, 2.75) is 86.2 Å². The summed E-state index contributed by atoms with van der Waals surface area (Å²) in [6, 6.07) is 0. The molecule has 334 valence electrons. The van der Waals surface area contributed by atoms with Crippen molar-refractivity contribution in [2.24, 2.45) is 0 Å². The lowest BCUT2D eigenvalue weighted by Crippen LogP contribution is -2.63. The molecule has 30 heteroatoms. The van der Waals surface area contributed by atoms with E-state index in [1.165, 1.54) is 28.2 Å². The number of hydrogen-bond donors (Lipinski definition) is 2.